The zero-order valence-corrected chi connectivity index (χ0v) is 19.6. The van der Waals surface area contributed by atoms with Crippen LogP contribution in [0.2, 0.25) is 0 Å². The number of nitrogens with one attached hydrogen (secondary N) is 1. The lowest BCUT2D eigenvalue weighted by molar-refractivity contribution is -0.119. The van der Waals surface area contributed by atoms with Crippen LogP contribution in [0.5, 0.6) is 11.5 Å². The maximum atomic E-state index is 14.0. The fourth-order valence-electron chi connectivity index (χ4n) is 5.30. The summed E-state index contributed by atoms with van der Waals surface area (Å²) in [4.78, 5) is 11.8. The molecule has 33 heavy (non-hydrogen) atoms. The first kappa shape index (κ1) is 23.7. The quantitative estimate of drug-likeness (QED) is 0.518. The molecule has 2 fully saturated rings. The van der Waals surface area contributed by atoms with E-state index in [0.717, 1.165) is 44.8 Å². The number of ether oxygens (including phenoxy) is 2. The van der Waals surface area contributed by atoms with Gasteiger partial charge in [-0.25, -0.2) is 12.8 Å². The van der Waals surface area contributed by atoms with Crippen LogP contribution in [-0.2, 0) is 26.2 Å². The summed E-state index contributed by atoms with van der Waals surface area (Å²) in [6, 6.07) is 13.9. The maximum Gasteiger partial charge on any atom is 0.233 e. The maximum absolute atomic E-state index is 14.0. The van der Waals surface area contributed by atoms with Gasteiger partial charge in [-0.3, -0.25) is 9.52 Å². The largest absolute Gasteiger partial charge is 0.457 e. The third-order valence-corrected chi connectivity index (χ3v) is 7.46. The van der Waals surface area contributed by atoms with Crippen LogP contribution in [0.1, 0.15) is 56.9 Å². The van der Waals surface area contributed by atoms with Gasteiger partial charge in [-0.2, -0.15) is 0 Å². The molecule has 178 valence electrons. The molecule has 0 radical (unpaired) electrons. The molecule has 0 unspecified atom stereocenters. The van der Waals surface area contributed by atoms with E-state index in [2.05, 4.69) is 0 Å². The number of para-hydroxylation sites is 1. The van der Waals surface area contributed by atoms with Crippen molar-refractivity contribution in [3.8, 4) is 11.5 Å². The Hall–Kier alpha value is -2.45. The number of benzene rings is 2. The zero-order valence-electron chi connectivity index (χ0n) is 18.8. The second-order valence-corrected chi connectivity index (χ2v) is 11.2. The number of carbonyl (C=O) groups is 1. The molecule has 2 aliphatic carbocycles. The van der Waals surface area contributed by atoms with Crippen molar-refractivity contribution >= 4 is 15.9 Å². The van der Waals surface area contributed by atoms with Crippen molar-refractivity contribution in [2.75, 3.05) is 6.26 Å². The lowest BCUT2D eigenvalue weighted by Crippen LogP contribution is -2.29. The van der Waals surface area contributed by atoms with E-state index in [4.69, 9.17) is 9.47 Å². The Morgan fingerprint density at radius 3 is 2.52 bits per heavy atom. The van der Waals surface area contributed by atoms with E-state index in [1.165, 1.54) is 12.1 Å². The first-order valence-electron chi connectivity index (χ1n) is 11.3. The molecule has 6 nitrogen and oxygen atoms in total. The van der Waals surface area contributed by atoms with Gasteiger partial charge >= 0.3 is 0 Å². The first-order valence-corrected chi connectivity index (χ1v) is 13.2. The van der Waals surface area contributed by atoms with Crippen molar-refractivity contribution in [3.63, 3.8) is 0 Å². The van der Waals surface area contributed by atoms with Gasteiger partial charge in [0.25, 0.3) is 0 Å². The highest BCUT2D eigenvalue weighted by Crippen LogP contribution is 2.60. The molecular weight excluding hydrogens is 445 g/mol. The third kappa shape index (κ3) is 6.12. The molecular formula is C25H30FNO5S. The van der Waals surface area contributed by atoms with Crippen LogP contribution in [0.15, 0.2) is 48.5 Å². The number of amides is 1. The van der Waals surface area contributed by atoms with E-state index >= 15 is 0 Å². The Kier molecular flexibility index (Phi) is 6.77. The fraction of sp³-hybridized carbons (Fsp3) is 0.480. The van der Waals surface area contributed by atoms with E-state index in [0.29, 0.717) is 23.5 Å². The second kappa shape index (κ2) is 9.43. The Balaban J connectivity index is 1.34. The fourth-order valence-corrected chi connectivity index (χ4v) is 5.81. The van der Waals surface area contributed by atoms with Crippen LogP contribution in [0.4, 0.5) is 4.39 Å². The van der Waals surface area contributed by atoms with Gasteiger partial charge in [-0.1, -0.05) is 18.2 Å². The van der Waals surface area contributed by atoms with Crippen LogP contribution < -0.4 is 9.46 Å². The summed E-state index contributed by atoms with van der Waals surface area (Å²) in [5, 5.41) is 0. The summed E-state index contributed by atoms with van der Waals surface area (Å²) in [5.74, 6) is 0.484. The normalized spacial score (nSPS) is 24.1. The van der Waals surface area contributed by atoms with Crippen LogP contribution in [0.3, 0.4) is 0 Å². The van der Waals surface area contributed by atoms with Crippen LogP contribution in [0, 0.1) is 11.2 Å². The number of carbonyl (C=O) groups excluding carboxylic acids is 1. The van der Waals surface area contributed by atoms with E-state index in [9.17, 15) is 17.6 Å². The molecule has 0 atom stereocenters. The van der Waals surface area contributed by atoms with Crippen molar-refractivity contribution in [1.29, 1.82) is 0 Å². The molecule has 4 rings (SSSR count). The van der Waals surface area contributed by atoms with Crippen molar-refractivity contribution in [3.05, 3.63) is 59.9 Å². The summed E-state index contributed by atoms with van der Waals surface area (Å²) in [5.41, 5.74) is 0.581. The van der Waals surface area contributed by atoms with Crippen molar-refractivity contribution < 1.29 is 27.1 Å². The second-order valence-electron chi connectivity index (χ2n) is 9.47. The zero-order chi connectivity index (χ0) is 23.5. The molecule has 2 aliphatic rings. The highest BCUT2D eigenvalue weighted by atomic mass is 32.2. The minimum absolute atomic E-state index is 0.136. The predicted octanol–water partition coefficient (Wildman–Crippen LogP) is 5.08. The van der Waals surface area contributed by atoms with E-state index in [-0.39, 0.29) is 29.9 Å². The summed E-state index contributed by atoms with van der Waals surface area (Å²) in [6.45, 7) is 0.271. The van der Waals surface area contributed by atoms with Crippen molar-refractivity contribution in [1.82, 2.24) is 4.72 Å². The SMILES string of the molecule is CS(=O)(=O)NC(=O)CCCC12CCC(OCc3cc(F)ccc3Oc3ccccc3)(CC1)C2. The minimum atomic E-state index is -3.51. The minimum Gasteiger partial charge on any atom is -0.457 e. The Morgan fingerprint density at radius 1 is 1.09 bits per heavy atom. The summed E-state index contributed by atoms with van der Waals surface area (Å²) in [6.07, 6.45) is 7.55. The first-order chi connectivity index (χ1) is 15.7. The van der Waals surface area contributed by atoms with Gasteiger partial charge < -0.3 is 9.47 Å². The van der Waals surface area contributed by atoms with E-state index in [1.54, 1.807) is 6.07 Å². The third-order valence-electron chi connectivity index (χ3n) is 6.86. The molecule has 2 aromatic carbocycles. The summed E-state index contributed by atoms with van der Waals surface area (Å²) in [7, 11) is -3.51. The lowest BCUT2D eigenvalue weighted by Gasteiger charge is -2.28. The molecule has 2 saturated carbocycles. The van der Waals surface area contributed by atoms with Gasteiger partial charge in [0.2, 0.25) is 15.9 Å². The van der Waals surface area contributed by atoms with Gasteiger partial charge in [-0.15, -0.1) is 0 Å². The Morgan fingerprint density at radius 2 is 1.82 bits per heavy atom. The number of sulfonamides is 1. The molecule has 0 aromatic heterocycles. The average Bonchev–Trinajstić information content (AvgIpc) is 3.30. The number of halogens is 1. The standard InChI is InChI=1S/C25H30FNO5S/c1-33(29,30)27-23(28)8-5-11-24-12-14-25(18-24,15-13-24)31-17-19-16-20(26)9-10-22(19)32-21-6-3-2-4-7-21/h2-4,6-7,9-10,16H,5,8,11-15,17-18H2,1H3,(H,27,28). The predicted molar refractivity (Wildman–Crippen MR) is 123 cm³/mol. The van der Waals surface area contributed by atoms with Crippen molar-refractivity contribution in [2.24, 2.45) is 5.41 Å². The summed E-state index contributed by atoms with van der Waals surface area (Å²) < 4.78 is 50.7. The number of fused-ring (bicyclic) bond motifs is 2. The lowest BCUT2D eigenvalue weighted by atomic mass is 9.80. The van der Waals surface area contributed by atoms with E-state index < -0.39 is 15.9 Å². The van der Waals surface area contributed by atoms with Crippen molar-refractivity contribution in [2.45, 2.75) is 63.6 Å². The van der Waals surface area contributed by atoms with Crippen LogP contribution in [0.25, 0.3) is 0 Å². The van der Waals surface area contributed by atoms with Gasteiger partial charge in [0.05, 0.1) is 18.5 Å². The average molecular weight is 476 g/mol. The Bertz CT molecular complexity index is 1100. The molecule has 0 saturated heterocycles. The van der Waals surface area contributed by atoms with Crippen LogP contribution >= 0.6 is 0 Å². The van der Waals surface area contributed by atoms with Gasteiger partial charge in [0.1, 0.15) is 17.3 Å². The molecule has 1 amide bonds. The van der Waals surface area contributed by atoms with Gasteiger partial charge in [-0.05, 0) is 80.7 Å². The van der Waals surface area contributed by atoms with E-state index in [1.807, 2.05) is 35.1 Å². The molecule has 2 bridgehead atoms. The topological polar surface area (TPSA) is 81.7 Å². The number of hydrogen-bond acceptors (Lipinski definition) is 5. The molecule has 0 heterocycles. The highest BCUT2D eigenvalue weighted by molar-refractivity contribution is 7.89. The molecule has 1 N–H and O–H groups in total. The molecule has 2 aromatic rings. The number of hydrogen-bond donors (Lipinski definition) is 1. The Labute approximate surface area is 194 Å². The number of rotatable bonds is 10. The van der Waals surface area contributed by atoms with Gasteiger partial charge in [0, 0.05) is 12.0 Å². The monoisotopic (exact) mass is 475 g/mol. The smallest absolute Gasteiger partial charge is 0.233 e. The highest BCUT2D eigenvalue weighted by Gasteiger charge is 2.54. The molecule has 0 spiro atoms. The molecule has 8 heteroatoms. The van der Waals surface area contributed by atoms with Gasteiger partial charge in [0.15, 0.2) is 0 Å². The summed E-state index contributed by atoms with van der Waals surface area (Å²) >= 11 is 0. The molecule has 0 aliphatic heterocycles. The van der Waals surface area contributed by atoms with Crippen LogP contribution in [-0.4, -0.2) is 26.2 Å².